The number of halogens is 2. The largest absolute Gasteiger partial charge is 0.457 e. The monoisotopic (exact) mass is 530 g/mol. The van der Waals surface area contributed by atoms with Crippen molar-refractivity contribution in [2.45, 2.75) is 12.5 Å². The molecule has 7 nitrogen and oxygen atoms in total. The highest BCUT2D eigenvalue weighted by Crippen LogP contribution is 2.34. The quantitative estimate of drug-likeness (QED) is 0.344. The molecule has 2 atom stereocenters. The normalized spacial score (nSPS) is 18.5. The number of fused-ring (bicyclic) bond motifs is 1. The minimum absolute atomic E-state index is 0.0775. The Morgan fingerprint density at radius 1 is 0.947 bits per heavy atom. The minimum atomic E-state index is -0.540. The lowest BCUT2D eigenvalue weighted by molar-refractivity contribution is 0.0683. The molecule has 0 radical (unpaired) electrons. The van der Waals surface area contributed by atoms with E-state index in [4.69, 9.17) is 16.3 Å². The fraction of sp³-hybridized carbons (Fsp3) is 0.207. The van der Waals surface area contributed by atoms with Crippen molar-refractivity contribution in [3.05, 3.63) is 107 Å². The van der Waals surface area contributed by atoms with Crippen LogP contribution in [0, 0.1) is 11.7 Å². The molecule has 0 aliphatic carbocycles. The summed E-state index contributed by atoms with van der Waals surface area (Å²) < 4.78 is 21.8. The van der Waals surface area contributed by atoms with Crippen molar-refractivity contribution in [3.8, 4) is 17.2 Å². The number of aromatic nitrogens is 2. The maximum atomic E-state index is 14.6. The summed E-state index contributed by atoms with van der Waals surface area (Å²) in [5.74, 6) is 0.710. The van der Waals surface area contributed by atoms with Crippen molar-refractivity contribution in [2.75, 3.05) is 19.6 Å². The topological polar surface area (TPSA) is 67.7 Å². The molecule has 2 amide bonds. The number of rotatable bonds is 5. The molecule has 192 valence electrons. The van der Waals surface area contributed by atoms with Gasteiger partial charge in [-0.25, -0.2) is 9.37 Å². The van der Waals surface area contributed by atoms with Gasteiger partial charge in [0.25, 0.3) is 11.8 Å². The highest BCUT2D eigenvalue weighted by atomic mass is 35.5. The van der Waals surface area contributed by atoms with Crippen molar-refractivity contribution in [1.82, 2.24) is 19.4 Å². The van der Waals surface area contributed by atoms with E-state index in [1.54, 1.807) is 40.1 Å². The summed E-state index contributed by atoms with van der Waals surface area (Å²) in [4.78, 5) is 34.5. The predicted molar refractivity (Wildman–Crippen MR) is 140 cm³/mol. The number of likely N-dealkylation sites (tertiary alicyclic amines) is 2. The molecule has 2 aliphatic heterocycles. The summed E-state index contributed by atoms with van der Waals surface area (Å²) in [6, 6.07) is 20.7. The van der Waals surface area contributed by atoms with Crippen LogP contribution < -0.4 is 4.74 Å². The van der Waals surface area contributed by atoms with Crippen LogP contribution in [-0.2, 0) is 0 Å². The number of imidazole rings is 1. The van der Waals surface area contributed by atoms with Gasteiger partial charge in [0, 0.05) is 36.1 Å². The molecule has 38 heavy (non-hydrogen) atoms. The molecule has 0 unspecified atom stereocenters. The summed E-state index contributed by atoms with van der Waals surface area (Å²) in [5, 5.41) is 0.274. The molecule has 1 aromatic heterocycles. The Morgan fingerprint density at radius 3 is 2.47 bits per heavy atom. The Hall–Kier alpha value is -4.17. The number of carbonyl (C=O) groups excluding carboxylic acids is 2. The highest BCUT2D eigenvalue weighted by molar-refractivity contribution is 6.30. The van der Waals surface area contributed by atoms with Gasteiger partial charge in [-0.05, 0) is 61.0 Å². The van der Waals surface area contributed by atoms with Crippen LogP contribution in [0.2, 0.25) is 5.02 Å². The van der Waals surface area contributed by atoms with E-state index in [-0.39, 0.29) is 40.2 Å². The van der Waals surface area contributed by atoms with Gasteiger partial charge in [-0.3, -0.25) is 14.2 Å². The Balaban J connectivity index is 1.15. The van der Waals surface area contributed by atoms with Gasteiger partial charge >= 0.3 is 0 Å². The average Bonchev–Trinajstić information content (AvgIpc) is 3.65. The van der Waals surface area contributed by atoms with E-state index in [0.717, 1.165) is 12.2 Å². The molecular formula is C29H24ClFN4O3. The second kappa shape index (κ2) is 9.95. The predicted octanol–water partition coefficient (Wildman–Crippen LogP) is 5.44. The van der Waals surface area contributed by atoms with Crippen LogP contribution in [-0.4, -0.2) is 56.8 Å². The molecule has 2 saturated heterocycles. The maximum absolute atomic E-state index is 14.6. The van der Waals surface area contributed by atoms with Crippen LogP contribution in [0.15, 0.2) is 85.3 Å². The Morgan fingerprint density at radius 2 is 1.71 bits per heavy atom. The molecule has 3 aromatic carbocycles. The Labute approximate surface area is 224 Å². The molecule has 0 saturated carbocycles. The van der Waals surface area contributed by atoms with Gasteiger partial charge < -0.3 is 14.5 Å². The van der Waals surface area contributed by atoms with Crippen molar-refractivity contribution in [1.29, 1.82) is 0 Å². The zero-order valence-electron chi connectivity index (χ0n) is 20.3. The van der Waals surface area contributed by atoms with Crippen LogP contribution in [0.4, 0.5) is 4.39 Å². The molecule has 0 N–H and O–H groups in total. The third-order valence-corrected chi connectivity index (χ3v) is 7.44. The maximum Gasteiger partial charge on any atom is 0.272 e. The Bertz CT molecular complexity index is 1490. The first-order valence-electron chi connectivity index (χ1n) is 12.4. The van der Waals surface area contributed by atoms with Crippen molar-refractivity contribution >= 4 is 23.4 Å². The fourth-order valence-corrected chi connectivity index (χ4v) is 5.48. The van der Waals surface area contributed by atoms with E-state index in [1.165, 1.54) is 29.2 Å². The van der Waals surface area contributed by atoms with Crippen LogP contribution >= 0.6 is 11.6 Å². The third kappa shape index (κ3) is 4.52. The standard InChI is InChI=1S/C29H24ClFN4O3/c30-21-8-11-25(24(31)14-21)35-18-32-15-26(35)29(37)34-13-12-20-16-33(17-27(20)34)28(36)19-6-9-23(10-7-19)38-22-4-2-1-3-5-22/h1-11,14-15,18,20,27H,12-13,16-17H2/t20-,27+/m0/s1. The number of para-hydroxylation sites is 1. The first-order valence-corrected chi connectivity index (χ1v) is 12.8. The second-order valence-electron chi connectivity index (χ2n) is 9.51. The zero-order valence-corrected chi connectivity index (χ0v) is 21.1. The molecule has 0 spiro atoms. The van der Waals surface area contributed by atoms with Gasteiger partial charge in [-0.15, -0.1) is 0 Å². The summed E-state index contributed by atoms with van der Waals surface area (Å²) >= 11 is 5.89. The summed E-state index contributed by atoms with van der Waals surface area (Å²) in [5.41, 5.74) is 1.04. The van der Waals surface area contributed by atoms with Gasteiger partial charge in [0.15, 0.2) is 0 Å². The van der Waals surface area contributed by atoms with Crippen LogP contribution in [0.25, 0.3) is 5.69 Å². The van der Waals surface area contributed by atoms with Crippen LogP contribution in [0.3, 0.4) is 0 Å². The number of nitrogens with zero attached hydrogens (tertiary/aromatic N) is 4. The fourth-order valence-electron chi connectivity index (χ4n) is 5.32. The van der Waals surface area contributed by atoms with Crippen molar-refractivity contribution < 1.29 is 18.7 Å². The SMILES string of the molecule is O=C(c1ccc(Oc2ccccc2)cc1)N1C[C@@H]2CCN(C(=O)c3cncn3-c3ccc(Cl)cc3F)[C@@H]2C1. The second-order valence-corrected chi connectivity index (χ2v) is 9.95. The molecule has 3 heterocycles. The number of carbonyl (C=O) groups is 2. The molecule has 2 aliphatic rings. The number of ether oxygens (including phenoxy) is 1. The number of amides is 2. The molecule has 9 heteroatoms. The lowest BCUT2D eigenvalue weighted by Crippen LogP contribution is -2.41. The molecular weight excluding hydrogens is 507 g/mol. The molecule has 4 aromatic rings. The lowest BCUT2D eigenvalue weighted by atomic mass is 10.1. The minimum Gasteiger partial charge on any atom is -0.457 e. The summed E-state index contributed by atoms with van der Waals surface area (Å²) in [6.45, 7) is 1.61. The van der Waals surface area contributed by atoms with E-state index in [1.807, 2.05) is 30.3 Å². The van der Waals surface area contributed by atoms with Gasteiger partial charge in [-0.1, -0.05) is 29.8 Å². The summed E-state index contributed by atoms with van der Waals surface area (Å²) in [7, 11) is 0. The van der Waals surface area contributed by atoms with E-state index in [9.17, 15) is 14.0 Å². The summed E-state index contributed by atoms with van der Waals surface area (Å²) in [6.07, 6.45) is 3.66. The number of benzene rings is 3. The van der Waals surface area contributed by atoms with Gasteiger partial charge in [-0.2, -0.15) is 0 Å². The lowest BCUT2D eigenvalue weighted by Gasteiger charge is -2.25. The van der Waals surface area contributed by atoms with Gasteiger partial charge in [0.05, 0.1) is 24.3 Å². The van der Waals surface area contributed by atoms with E-state index >= 15 is 0 Å². The van der Waals surface area contributed by atoms with E-state index < -0.39 is 5.82 Å². The highest BCUT2D eigenvalue weighted by Gasteiger charge is 2.45. The van der Waals surface area contributed by atoms with Crippen molar-refractivity contribution in [2.24, 2.45) is 5.92 Å². The third-order valence-electron chi connectivity index (χ3n) is 7.20. The smallest absolute Gasteiger partial charge is 0.272 e. The van der Waals surface area contributed by atoms with Gasteiger partial charge in [0.1, 0.15) is 23.0 Å². The van der Waals surface area contributed by atoms with Crippen LogP contribution in [0.5, 0.6) is 11.5 Å². The number of hydrogen-bond donors (Lipinski definition) is 0. The Kier molecular flexibility index (Phi) is 6.33. The average molecular weight is 531 g/mol. The number of hydrogen-bond acceptors (Lipinski definition) is 4. The van der Waals surface area contributed by atoms with Crippen LogP contribution in [0.1, 0.15) is 27.3 Å². The van der Waals surface area contributed by atoms with E-state index in [0.29, 0.717) is 30.9 Å². The first kappa shape index (κ1) is 24.2. The zero-order chi connectivity index (χ0) is 26.2. The van der Waals surface area contributed by atoms with Gasteiger partial charge in [0.2, 0.25) is 0 Å². The molecule has 6 rings (SSSR count). The first-order chi connectivity index (χ1) is 18.5. The van der Waals surface area contributed by atoms with Crippen molar-refractivity contribution in [3.63, 3.8) is 0 Å². The van der Waals surface area contributed by atoms with E-state index in [2.05, 4.69) is 4.98 Å². The molecule has 2 fully saturated rings. The molecule has 0 bridgehead atoms.